The summed E-state index contributed by atoms with van der Waals surface area (Å²) in [5.41, 5.74) is -0.765. The van der Waals surface area contributed by atoms with E-state index in [1.165, 1.54) is 22.8 Å². The van der Waals surface area contributed by atoms with Crippen molar-refractivity contribution in [3.63, 3.8) is 0 Å². The first kappa shape index (κ1) is 26.1. The Morgan fingerprint density at radius 2 is 1.89 bits per heavy atom. The molecule has 3 rings (SSSR count). The van der Waals surface area contributed by atoms with Gasteiger partial charge >= 0.3 is 11.4 Å². The van der Waals surface area contributed by atoms with Gasteiger partial charge in [-0.05, 0) is 50.1 Å². The molecule has 0 bridgehead atoms. The highest BCUT2D eigenvalue weighted by molar-refractivity contribution is 6.30. The van der Waals surface area contributed by atoms with Crippen molar-refractivity contribution in [1.82, 2.24) is 14.1 Å². The maximum atomic E-state index is 14.5. The highest BCUT2D eigenvalue weighted by atomic mass is 35.5. The van der Waals surface area contributed by atoms with Crippen molar-refractivity contribution >= 4 is 29.0 Å². The second-order valence-electron chi connectivity index (χ2n) is 8.10. The molecule has 0 atom stereocenters. The molecule has 2 N–H and O–H groups in total. The number of nitrogens with one attached hydrogen (secondary N) is 1. The summed E-state index contributed by atoms with van der Waals surface area (Å²) >= 11 is 5.95. The van der Waals surface area contributed by atoms with Crippen molar-refractivity contribution in [3.05, 3.63) is 79.8 Å². The van der Waals surface area contributed by atoms with Gasteiger partial charge in [0, 0.05) is 29.8 Å². The second-order valence-corrected chi connectivity index (χ2v) is 8.54. The molecule has 2 aromatic carbocycles. The number of carbonyl (C=O) groups is 1. The van der Waals surface area contributed by atoms with Crippen molar-refractivity contribution in [2.75, 3.05) is 11.9 Å². The summed E-state index contributed by atoms with van der Waals surface area (Å²) in [5, 5.41) is 12.3. The Morgan fingerprint density at radius 1 is 1.17 bits per heavy atom. The van der Waals surface area contributed by atoms with Gasteiger partial charge in [0.05, 0.1) is 19.2 Å². The van der Waals surface area contributed by atoms with Gasteiger partial charge in [0.15, 0.2) is 17.3 Å². The number of rotatable bonds is 11. The van der Waals surface area contributed by atoms with E-state index in [0.717, 1.165) is 4.57 Å². The van der Waals surface area contributed by atoms with Gasteiger partial charge in [0.25, 0.3) is 0 Å². The molecule has 9 nitrogen and oxygen atoms in total. The molecule has 0 aliphatic carbocycles. The number of aliphatic hydroxyl groups excluding tert-OH is 1. The van der Waals surface area contributed by atoms with Gasteiger partial charge in [-0.15, -0.1) is 0 Å². The minimum Gasteiger partial charge on any atom is -0.488 e. The van der Waals surface area contributed by atoms with Crippen LogP contribution >= 0.6 is 11.6 Å². The van der Waals surface area contributed by atoms with Crippen LogP contribution in [-0.4, -0.2) is 37.7 Å². The predicted molar refractivity (Wildman–Crippen MR) is 130 cm³/mol. The summed E-state index contributed by atoms with van der Waals surface area (Å²) in [6.07, 6.45) is 0.0212. The zero-order valence-corrected chi connectivity index (χ0v) is 20.1. The third kappa shape index (κ3) is 7.00. The molecule has 1 aromatic heterocycles. The van der Waals surface area contributed by atoms with Crippen LogP contribution in [0.25, 0.3) is 0 Å². The van der Waals surface area contributed by atoms with Gasteiger partial charge in [-0.3, -0.25) is 9.36 Å². The molecule has 0 fully saturated rings. The average Bonchev–Trinajstić information content (AvgIpc) is 2.80. The molecule has 0 aliphatic heterocycles. The van der Waals surface area contributed by atoms with Gasteiger partial charge in [0.2, 0.25) is 5.95 Å². The molecule has 186 valence electrons. The van der Waals surface area contributed by atoms with Gasteiger partial charge < -0.3 is 15.2 Å². The van der Waals surface area contributed by atoms with Crippen LogP contribution in [-0.2, 0) is 17.9 Å². The van der Waals surface area contributed by atoms with E-state index in [2.05, 4.69) is 10.3 Å². The van der Waals surface area contributed by atoms with Gasteiger partial charge in [0.1, 0.15) is 0 Å². The number of ether oxygens (including phenoxy) is 1. The summed E-state index contributed by atoms with van der Waals surface area (Å²) in [6, 6.07) is 10.8. The van der Waals surface area contributed by atoms with E-state index < -0.39 is 23.7 Å². The van der Waals surface area contributed by atoms with E-state index in [9.17, 15) is 18.8 Å². The summed E-state index contributed by atoms with van der Waals surface area (Å²) < 4.78 is 21.8. The van der Waals surface area contributed by atoms with E-state index in [1.54, 1.807) is 38.1 Å². The third-order valence-electron chi connectivity index (χ3n) is 4.90. The summed E-state index contributed by atoms with van der Waals surface area (Å²) in [4.78, 5) is 42.0. The Labute approximate surface area is 205 Å². The first-order chi connectivity index (χ1) is 16.7. The van der Waals surface area contributed by atoms with Crippen LogP contribution < -0.4 is 21.4 Å². The lowest BCUT2D eigenvalue weighted by molar-refractivity contribution is -0.120. The van der Waals surface area contributed by atoms with Crippen molar-refractivity contribution in [2.24, 2.45) is 0 Å². The fourth-order valence-electron chi connectivity index (χ4n) is 3.26. The van der Waals surface area contributed by atoms with Crippen LogP contribution in [0.1, 0.15) is 32.3 Å². The maximum Gasteiger partial charge on any atom is 0.355 e. The first-order valence-electron chi connectivity index (χ1n) is 11.0. The maximum absolute atomic E-state index is 14.5. The Balaban J connectivity index is 2.01. The van der Waals surface area contributed by atoms with Crippen molar-refractivity contribution in [1.29, 1.82) is 0 Å². The fourth-order valence-corrected chi connectivity index (χ4v) is 3.39. The smallest absolute Gasteiger partial charge is 0.355 e. The molecule has 0 radical (unpaired) electrons. The van der Waals surface area contributed by atoms with Crippen LogP contribution in [0.4, 0.5) is 16.0 Å². The third-order valence-corrected chi connectivity index (χ3v) is 5.15. The van der Waals surface area contributed by atoms with Crippen molar-refractivity contribution in [2.45, 2.75) is 45.9 Å². The number of carbonyl (C=O) groups excluding carboxylic acids is 1. The summed E-state index contributed by atoms with van der Waals surface area (Å²) in [6.45, 7) is 2.90. The number of aromatic nitrogens is 3. The fraction of sp³-hybridized carbons (Fsp3) is 0.333. The van der Waals surface area contributed by atoms with E-state index in [-0.39, 0.29) is 55.3 Å². The molecule has 3 aromatic rings. The van der Waals surface area contributed by atoms with Crippen LogP contribution in [0.2, 0.25) is 5.02 Å². The number of halogens is 2. The minimum absolute atomic E-state index is 0.00741. The number of ketones is 1. The molecule has 0 saturated heterocycles. The van der Waals surface area contributed by atoms with Crippen LogP contribution in [0.5, 0.6) is 5.75 Å². The normalized spacial score (nSPS) is 11.0. The highest BCUT2D eigenvalue weighted by Gasteiger charge is 2.17. The van der Waals surface area contributed by atoms with E-state index >= 15 is 0 Å². The molecule has 11 heteroatoms. The summed E-state index contributed by atoms with van der Waals surface area (Å²) in [5.74, 6) is -1.07. The number of hydrogen-bond donors (Lipinski definition) is 2. The number of anilines is 2. The quantitative estimate of drug-likeness (QED) is 0.412. The first-order valence-corrected chi connectivity index (χ1v) is 11.4. The molecular formula is C24H26ClFN4O5. The number of benzene rings is 2. The van der Waals surface area contributed by atoms with Crippen LogP contribution in [0, 0.1) is 5.82 Å². The molecule has 35 heavy (non-hydrogen) atoms. The molecule has 1 heterocycles. The predicted octanol–water partition coefficient (Wildman–Crippen LogP) is 3.12. The zero-order chi connectivity index (χ0) is 25.5. The molecule has 0 spiro atoms. The van der Waals surface area contributed by atoms with E-state index in [0.29, 0.717) is 10.6 Å². The largest absolute Gasteiger partial charge is 0.488 e. The molecule has 0 unspecified atom stereocenters. The lowest BCUT2D eigenvalue weighted by Gasteiger charge is -2.16. The molecule has 0 amide bonds. The number of hydrogen-bond acceptors (Lipinski definition) is 7. The molecule has 0 saturated carbocycles. The van der Waals surface area contributed by atoms with Gasteiger partial charge in [-0.2, -0.15) is 4.98 Å². The lowest BCUT2D eigenvalue weighted by Crippen LogP contribution is -2.44. The monoisotopic (exact) mass is 504 g/mol. The van der Waals surface area contributed by atoms with Gasteiger partial charge in [-0.1, -0.05) is 23.7 Å². The number of Topliss-reactive ketones (excluding diaryl/α,β-unsaturated/α-hetero) is 1. The Bertz CT molecular complexity index is 1300. The Morgan fingerprint density at radius 3 is 2.51 bits per heavy atom. The molecule has 0 aliphatic rings. The van der Waals surface area contributed by atoms with Crippen LogP contribution in [0.15, 0.2) is 52.1 Å². The zero-order valence-electron chi connectivity index (χ0n) is 19.3. The summed E-state index contributed by atoms with van der Waals surface area (Å²) in [7, 11) is 0. The highest BCUT2D eigenvalue weighted by Crippen LogP contribution is 2.24. The standard InChI is InChI=1S/C24H26ClFN4O5/c1-15(2)35-21-10-9-18(12-20(21)26)27-22-28-23(33)30(14-19(32)4-3-11-31)24(34)29(22)13-16-5-7-17(25)8-6-16/h5-10,12,15,31H,3-4,11,13-14H2,1-2H3,(H,27,28,33). The SMILES string of the molecule is CC(C)Oc1ccc(Nc2nc(=O)n(CC(=O)CCCO)c(=O)n2Cc2ccc(Cl)cc2)cc1F. The van der Waals surface area contributed by atoms with Crippen LogP contribution in [0.3, 0.4) is 0 Å². The topological polar surface area (TPSA) is 115 Å². The minimum atomic E-state index is -0.928. The average molecular weight is 505 g/mol. The lowest BCUT2D eigenvalue weighted by atomic mass is 10.2. The van der Waals surface area contributed by atoms with E-state index in [1.807, 2.05) is 0 Å². The second kappa shape index (κ2) is 11.8. The molecular weight excluding hydrogens is 479 g/mol. The van der Waals surface area contributed by atoms with Crippen molar-refractivity contribution < 1.29 is 19.0 Å². The number of aliphatic hydroxyl groups is 1. The number of nitrogens with zero attached hydrogens (tertiary/aromatic N) is 3. The van der Waals surface area contributed by atoms with Gasteiger partial charge in [-0.25, -0.2) is 18.5 Å². The Kier molecular flexibility index (Phi) is 8.78. The Hall–Kier alpha value is -3.50. The van der Waals surface area contributed by atoms with Crippen molar-refractivity contribution in [3.8, 4) is 5.75 Å². The van der Waals surface area contributed by atoms with E-state index in [4.69, 9.17) is 21.4 Å².